The van der Waals surface area contributed by atoms with Gasteiger partial charge in [0.25, 0.3) is 8.32 Å². The largest absolute Gasteiger partial charge is 0.406 e. The fourth-order valence-corrected chi connectivity index (χ4v) is 6.89. The third-order valence-corrected chi connectivity index (χ3v) is 8.59. The molecule has 21 heavy (non-hydrogen) atoms. The van der Waals surface area contributed by atoms with Crippen molar-refractivity contribution >= 4 is 18.7 Å². The van der Waals surface area contributed by atoms with Gasteiger partial charge in [0, 0.05) is 0 Å². The summed E-state index contributed by atoms with van der Waals surface area (Å²) in [5.41, 5.74) is 2.61. The summed E-state index contributed by atoms with van der Waals surface area (Å²) in [7, 11) is -2.28. The normalized spacial score (nSPS) is 13.9. The van der Waals surface area contributed by atoms with E-state index in [0.29, 0.717) is 6.61 Å². The highest BCUT2D eigenvalue weighted by Gasteiger charge is 2.38. The van der Waals surface area contributed by atoms with Crippen LogP contribution in [-0.2, 0) is 4.43 Å². The molecule has 1 unspecified atom stereocenters. The van der Waals surface area contributed by atoms with Gasteiger partial charge in [-0.05, 0) is 41.4 Å². The maximum atomic E-state index is 9.24. The zero-order chi connectivity index (χ0) is 15.3. The van der Waals surface area contributed by atoms with Crippen LogP contribution in [0.2, 0.25) is 6.04 Å². The lowest BCUT2D eigenvalue weighted by molar-refractivity contribution is 0.199. The van der Waals surface area contributed by atoms with Gasteiger partial charge in [0.15, 0.2) is 0 Å². The van der Waals surface area contributed by atoms with Crippen LogP contribution in [0, 0.1) is 13.8 Å². The molecule has 0 heterocycles. The topological polar surface area (TPSA) is 29.5 Å². The van der Waals surface area contributed by atoms with E-state index >= 15 is 0 Å². The Labute approximate surface area is 128 Å². The Morgan fingerprint density at radius 2 is 1.71 bits per heavy atom. The molecule has 3 heteroatoms. The summed E-state index contributed by atoms with van der Waals surface area (Å²) < 4.78 is 6.32. The lowest BCUT2D eigenvalue weighted by Crippen LogP contribution is -2.61. The molecule has 0 spiro atoms. The first-order valence-electron chi connectivity index (χ1n) is 7.52. The van der Waals surface area contributed by atoms with Crippen LogP contribution in [0.25, 0.3) is 0 Å². The summed E-state index contributed by atoms with van der Waals surface area (Å²) in [6, 6.07) is 17.9. The average molecular weight is 300 g/mol. The molecule has 0 aliphatic heterocycles. The molecule has 0 aromatic heterocycles. The number of rotatable bonds is 6. The second-order valence-corrected chi connectivity index (χ2v) is 9.13. The lowest BCUT2D eigenvalue weighted by atomic mass is 10.1. The molecule has 0 aliphatic carbocycles. The number of benzene rings is 2. The highest BCUT2D eigenvalue weighted by atomic mass is 28.4. The van der Waals surface area contributed by atoms with E-state index in [1.54, 1.807) is 0 Å². The fourth-order valence-electron chi connectivity index (χ4n) is 2.93. The Morgan fingerprint density at radius 1 is 1.00 bits per heavy atom. The van der Waals surface area contributed by atoms with Crippen LogP contribution in [0.3, 0.4) is 0 Å². The zero-order valence-corrected chi connectivity index (χ0v) is 14.1. The maximum absolute atomic E-state index is 9.24. The summed E-state index contributed by atoms with van der Waals surface area (Å²) in [6.45, 7) is 6.96. The number of hydrogen-bond donors (Lipinski definition) is 1. The van der Waals surface area contributed by atoms with Crippen molar-refractivity contribution in [3.63, 3.8) is 0 Å². The molecule has 0 saturated carbocycles. The summed E-state index contributed by atoms with van der Waals surface area (Å²) in [4.78, 5) is 0. The monoisotopic (exact) mass is 300 g/mol. The second-order valence-electron chi connectivity index (χ2n) is 5.37. The van der Waals surface area contributed by atoms with E-state index in [2.05, 4.69) is 63.2 Å². The number of aliphatic hydroxyl groups excluding tert-OH is 1. The average Bonchev–Trinajstić information content (AvgIpc) is 2.53. The predicted molar refractivity (Wildman–Crippen MR) is 90.9 cm³/mol. The molecule has 0 bridgehead atoms. The van der Waals surface area contributed by atoms with Gasteiger partial charge in [-0.25, -0.2) is 0 Å². The highest BCUT2D eigenvalue weighted by Crippen LogP contribution is 2.17. The van der Waals surface area contributed by atoms with Gasteiger partial charge in [0.2, 0.25) is 0 Å². The standard InChI is InChI=1S/C18H24O2Si/c1-4-21(20-14-13-19,17-10-6-5-7-11-17)18-12-8-9-15(2)16(18)3/h5-12,19H,4,13-14H2,1-3H3. The summed E-state index contributed by atoms with van der Waals surface area (Å²) in [6.07, 6.45) is 0. The number of aliphatic hydroxyl groups is 1. The maximum Gasteiger partial charge on any atom is 0.255 e. The van der Waals surface area contributed by atoms with Crippen LogP contribution >= 0.6 is 0 Å². The first-order valence-corrected chi connectivity index (χ1v) is 9.64. The van der Waals surface area contributed by atoms with Crippen molar-refractivity contribution in [3.8, 4) is 0 Å². The van der Waals surface area contributed by atoms with Gasteiger partial charge in [0.1, 0.15) is 0 Å². The molecule has 2 nitrogen and oxygen atoms in total. The minimum atomic E-state index is -2.28. The van der Waals surface area contributed by atoms with E-state index < -0.39 is 8.32 Å². The van der Waals surface area contributed by atoms with Crippen LogP contribution in [0.1, 0.15) is 18.1 Å². The molecule has 0 fully saturated rings. The predicted octanol–water partition coefficient (Wildman–Crippen LogP) is 2.39. The van der Waals surface area contributed by atoms with E-state index in [-0.39, 0.29) is 6.61 Å². The summed E-state index contributed by atoms with van der Waals surface area (Å²) >= 11 is 0. The first kappa shape index (κ1) is 16.0. The third kappa shape index (κ3) is 3.10. The van der Waals surface area contributed by atoms with Crippen LogP contribution in [0.15, 0.2) is 48.5 Å². The molecule has 2 aromatic carbocycles. The molecule has 0 aliphatic rings. The molecular formula is C18H24O2Si. The van der Waals surface area contributed by atoms with Gasteiger partial charge in [0.05, 0.1) is 13.2 Å². The number of hydrogen-bond acceptors (Lipinski definition) is 2. The Hall–Kier alpha value is -1.42. The number of aryl methyl sites for hydroxylation is 1. The lowest BCUT2D eigenvalue weighted by Gasteiger charge is -2.33. The van der Waals surface area contributed by atoms with E-state index in [1.165, 1.54) is 21.5 Å². The molecular weight excluding hydrogens is 276 g/mol. The van der Waals surface area contributed by atoms with Crippen molar-refractivity contribution in [2.75, 3.05) is 13.2 Å². The zero-order valence-electron chi connectivity index (χ0n) is 13.1. The SMILES string of the molecule is CC[Si](OCCO)(c1ccccc1)c1cccc(C)c1C. The summed E-state index contributed by atoms with van der Waals surface area (Å²) in [5.74, 6) is 0. The van der Waals surface area contributed by atoms with Gasteiger partial charge in [-0.15, -0.1) is 0 Å². The van der Waals surface area contributed by atoms with Crippen molar-refractivity contribution in [2.45, 2.75) is 26.8 Å². The van der Waals surface area contributed by atoms with E-state index in [9.17, 15) is 5.11 Å². The Morgan fingerprint density at radius 3 is 2.33 bits per heavy atom. The van der Waals surface area contributed by atoms with Gasteiger partial charge in [-0.1, -0.05) is 55.5 Å². The van der Waals surface area contributed by atoms with E-state index in [4.69, 9.17) is 4.43 Å². The molecule has 1 atom stereocenters. The summed E-state index contributed by atoms with van der Waals surface area (Å²) in [5, 5.41) is 11.8. The molecule has 1 N–H and O–H groups in total. The van der Waals surface area contributed by atoms with Crippen molar-refractivity contribution in [1.82, 2.24) is 0 Å². The fraction of sp³-hybridized carbons (Fsp3) is 0.333. The quantitative estimate of drug-likeness (QED) is 0.830. The van der Waals surface area contributed by atoms with Crippen LogP contribution in [0.4, 0.5) is 0 Å². The highest BCUT2D eigenvalue weighted by molar-refractivity contribution is 6.97. The van der Waals surface area contributed by atoms with Crippen molar-refractivity contribution in [2.24, 2.45) is 0 Å². The van der Waals surface area contributed by atoms with Crippen molar-refractivity contribution in [1.29, 1.82) is 0 Å². The molecule has 0 saturated heterocycles. The molecule has 112 valence electrons. The third-order valence-electron chi connectivity index (χ3n) is 4.22. The molecule has 0 radical (unpaired) electrons. The first-order chi connectivity index (χ1) is 10.2. The van der Waals surface area contributed by atoms with Gasteiger partial charge < -0.3 is 9.53 Å². The van der Waals surface area contributed by atoms with E-state index in [0.717, 1.165) is 6.04 Å². The van der Waals surface area contributed by atoms with Crippen LogP contribution in [0.5, 0.6) is 0 Å². The molecule has 0 amide bonds. The van der Waals surface area contributed by atoms with Gasteiger partial charge in [-0.2, -0.15) is 0 Å². The minimum Gasteiger partial charge on any atom is -0.406 e. The van der Waals surface area contributed by atoms with Gasteiger partial charge in [-0.3, -0.25) is 0 Å². The second kappa shape index (κ2) is 7.03. The van der Waals surface area contributed by atoms with Crippen molar-refractivity contribution < 1.29 is 9.53 Å². The van der Waals surface area contributed by atoms with Crippen LogP contribution in [-0.4, -0.2) is 26.6 Å². The van der Waals surface area contributed by atoms with Crippen molar-refractivity contribution in [3.05, 3.63) is 59.7 Å². The van der Waals surface area contributed by atoms with Crippen LogP contribution < -0.4 is 10.4 Å². The van der Waals surface area contributed by atoms with E-state index in [1.807, 2.05) is 6.07 Å². The Bertz CT molecular complexity index is 583. The Kier molecular flexibility index (Phi) is 5.34. The van der Waals surface area contributed by atoms with Gasteiger partial charge >= 0.3 is 0 Å². The molecule has 2 rings (SSSR count). The smallest absolute Gasteiger partial charge is 0.255 e. The Balaban J connectivity index is 2.62. The molecule has 2 aromatic rings. The minimum absolute atomic E-state index is 0.0620.